The minimum atomic E-state index is -0.482. The second-order valence-corrected chi connectivity index (χ2v) is 9.14. The first kappa shape index (κ1) is 20.0. The molecule has 3 heterocycles. The molecule has 0 aromatic carbocycles. The number of hydrogen-bond donors (Lipinski definition) is 0. The molecule has 0 unspecified atom stereocenters. The van der Waals surface area contributed by atoms with Gasteiger partial charge in [0.15, 0.2) is 5.75 Å². The van der Waals surface area contributed by atoms with E-state index >= 15 is 0 Å². The summed E-state index contributed by atoms with van der Waals surface area (Å²) < 4.78 is 13.7. The highest BCUT2D eigenvalue weighted by atomic mass is 35.5. The number of rotatable bonds is 4. The van der Waals surface area contributed by atoms with Crippen LogP contribution in [0.1, 0.15) is 64.1 Å². The van der Waals surface area contributed by atoms with Crippen LogP contribution in [0, 0.1) is 0 Å². The van der Waals surface area contributed by atoms with Gasteiger partial charge in [0, 0.05) is 31.3 Å². The largest absolute Gasteiger partial charge is 0.454 e. The van der Waals surface area contributed by atoms with E-state index in [0.29, 0.717) is 30.0 Å². The Balaban J connectivity index is 1.47. The zero-order chi connectivity index (χ0) is 20.6. The number of carbonyl (C=O) groups excluding carboxylic acids is 1. The fraction of sp³-hybridized carbons (Fsp3) is 0.571. The second kappa shape index (κ2) is 7.86. The third-order valence-corrected chi connectivity index (χ3v) is 5.31. The number of pyridine rings is 1. The highest BCUT2D eigenvalue weighted by Gasteiger charge is 2.32. The average Bonchev–Trinajstić information content (AvgIpc) is 3.42. The SMILES string of the molecule is CC(C)(C)OC(=O)N1CCC(c2nn(C3CC3)cc2Oc2ccnc(Cl)c2)CC1. The quantitative estimate of drug-likeness (QED) is 0.640. The molecule has 0 spiro atoms. The van der Waals surface area contributed by atoms with Crippen molar-refractivity contribution in [2.45, 2.75) is 64.0 Å². The Hall–Kier alpha value is -2.28. The molecule has 2 aromatic heterocycles. The van der Waals surface area contributed by atoms with Crippen LogP contribution in [0.3, 0.4) is 0 Å². The fourth-order valence-electron chi connectivity index (χ4n) is 3.51. The van der Waals surface area contributed by atoms with E-state index in [1.54, 1.807) is 23.2 Å². The summed E-state index contributed by atoms with van der Waals surface area (Å²) in [7, 11) is 0. The summed E-state index contributed by atoms with van der Waals surface area (Å²) in [4.78, 5) is 18.1. The van der Waals surface area contributed by atoms with Crippen molar-refractivity contribution in [2.75, 3.05) is 13.1 Å². The van der Waals surface area contributed by atoms with E-state index in [4.69, 9.17) is 26.2 Å². The number of carbonyl (C=O) groups is 1. The van der Waals surface area contributed by atoms with Gasteiger partial charge in [0.2, 0.25) is 0 Å². The molecule has 29 heavy (non-hydrogen) atoms. The van der Waals surface area contributed by atoms with Gasteiger partial charge in [0.05, 0.1) is 12.2 Å². The van der Waals surface area contributed by atoms with Gasteiger partial charge in [-0.25, -0.2) is 9.78 Å². The number of aromatic nitrogens is 3. The maximum absolute atomic E-state index is 12.3. The zero-order valence-corrected chi connectivity index (χ0v) is 17.9. The highest BCUT2D eigenvalue weighted by molar-refractivity contribution is 6.29. The number of halogens is 1. The van der Waals surface area contributed by atoms with Crippen LogP contribution >= 0.6 is 11.6 Å². The standard InChI is InChI=1S/C21H27ClN4O3/c1-21(2,3)29-20(27)25-10-7-14(8-11-25)19-17(13-26(24-19)15-4-5-15)28-16-6-9-23-18(22)12-16/h6,9,12-15H,4-5,7-8,10-11H2,1-3H3. The molecule has 1 saturated carbocycles. The Morgan fingerprint density at radius 1 is 1.21 bits per heavy atom. The van der Waals surface area contributed by atoms with Crippen LogP contribution < -0.4 is 4.74 Å². The van der Waals surface area contributed by atoms with Crippen molar-refractivity contribution in [2.24, 2.45) is 0 Å². The highest BCUT2D eigenvalue weighted by Crippen LogP contribution is 2.40. The molecule has 1 aliphatic heterocycles. The van der Waals surface area contributed by atoms with E-state index in [1.165, 1.54) is 0 Å². The molecular weight excluding hydrogens is 392 g/mol. The topological polar surface area (TPSA) is 69.5 Å². The smallest absolute Gasteiger partial charge is 0.410 e. The molecule has 8 heteroatoms. The van der Waals surface area contributed by atoms with Gasteiger partial charge in [-0.3, -0.25) is 4.68 Å². The Bertz CT molecular complexity index is 880. The molecule has 2 fully saturated rings. The van der Waals surface area contributed by atoms with Crippen LogP contribution in [-0.4, -0.2) is 44.4 Å². The summed E-state index contributed by atoms with van der Waals surface area (Å²) >= 11 is 6.00. The molecular formula is C21H27ClN4O3. The normalized spacial score (nSPS) is 18.0. The first-order chi connectivity index (χ1) is 13.8. The molecule has 2 aromatic rings. The Morgan fingerprint density at radius 3 is 2.55 bits per heavy atom. The predicted molar refractivity (Wildman–Crippen MR) is 110 cm³/mol. The van der Waals surface area contributed by atoms with Crippen molar-refractivity contribution in [3.8, 4) is 11.5 Å². The molecule has 1 amide bonds. The van der Waals surface area contributed by atoms with E-state index in [9.17, 15) is 4.79 Å². The number of nitrogens with zero attached hydrogens (tertiary/aromatic N) is 4. The van der Waals surface area contributed by atoms with Crippen LogP contribution in [0.5, 0.6) is 11.5 Å². The van der Waals surface area contributed by atoms with Gasteiger partial charge >= 0.3 is 6.09 Å². The lowest BCUT2D eigenvalue weighted by molar-refractivity contribution is 0.0203. The maximum Gasteiger partial charge on any atom is 0.410 e. The first-order valence-electron chi connectivity index (χ1n) is 10.1. The van der Waals surface area contributed by atoms with Crippen LogP contribution in [-0.2, 0) is 4.74 Å². The summed E-state index contributed by atoms with van der Waals surface area (Å²) in [5, 5.41) is 5.25. The zero-order valence-electron chi connectivity index (χ0n) is 17.1. The molecule has 1 saturated heterocycles. The number of ether oxygens (including phenoxy) is 2. The monoisotopic (exact) mass is 418 g/mol. The van der Waals surface area contributed by atoms with Crippen LogP contribution in [0.4, 0.5) is 4.79 Å². The van der Waals surface area contributed by atoms with Crippen LogP contribution in [0.15, 0.2) is 24.5 Å². The van der Waals surface area contributed by atoms with E-state index < -0.39 is 5.60 Å². The maximum atomic E-state index is 12.3. The summed E-state index contributed by atoms with van der Waals surface area (Å²) in [6, 6.07) is 3.95. The number of amides is 1. The lowest BCUT2D eigenvalue weighted by atomic mass is 9.93. The van der Waals surface area contributed by atoms with E-state index in [2.05, 4.69) is 4.98 Å². The molecule has 1 aliphatic carbocycles. The van der Waals surface area contributed by atoms with Crippen molar-refractivity contribution in [1.82, 2.24) is 19.7 Å². The van der Waals surface area contributed by atoms with Gasteiger partial charge in [-0.1, -0.05) is 11.6 Å². The van der Waals surface area contributed by atoms with Gasteiger partial charge < -0.3 is 14.4 Å². The van der Waals surface area contributed by atoms with E-state index in [0.717, 1.165) is 37.1 Å². The number of likely N-dealkylation sites (tertiary alicyclic amines) is 1. The third-order valence-electron chi connectivity index (χ3n) is 5.11. The molecule has 0 N–H and O–H groups in total. The molecule has 4 rings (SSSR count). The summed E-state index contributed by atoms with van der Waals surface area (Å²) in [6.45, 7) is 6.96. The Morgan fingerprint density at radius 2 is 1.93 bits per heavy atom. The van der Waals surface area contributed by atoms with Crippen molar-refractivity contribution >= 4 is 17.7 Å². The van der Waals surface area contributed by atoms with Crippen LogP contribution in [0.25, 0.3) is 0 Å². The van der Waals surface area contributed by atoms with Crippen molar-refractivity contribution in [3.05, 3.63) is 35.4 Å². The predicted octanol–water partition coefficient (Wildman–Crippen LogP) is 5.17. The molecule has 0 radical (unpaired) electrons. The van der Waals surface area contributed by atoms with Crippen LogP contribution in [0.2, 0.25) is 5.15 Å². The van der Waals surface area contributed by atoms with Gasteiger partial charge in [-0.2, -0.15) is 5.10 Å². The fourth-order valence-corrected chi connectivity index (χ4v) is 3.68. The van der Waals surface area contributed by atoms with Crippen molar-refractivity contribution in [1.29, 1.82) is 0 Å². The molecule has 0 atom stereocenters. The number of piperidine rings is 1. The Kier molecular flexibility index (Phi) is 5.42. The molecule has 0 bridgehead atoms. The molecule has 7 nitrogen and oxygen atoms in total. The van der Waals surface area contributed by atoms with Crippen molar-refractivity contribution < 1.29 is 14.3 Å². The lowest BCUT2D eigenvalue weighted by Gasteiger charge is -2.33. The Labute approximate surface area is 175 Å². The van der Waals surface area contributed by atoms with Gasteiger partial charge in [-0.15, -0.1) is 0 Å². The van der Waals surface area contributed by atoms with Gasteiger partial charge in [0.25, 0.3) is 0 Å². The van der Waals surface area contributed by atoms with Crippen molar-refractivity contribution in [3.63, 3.8) is 0 Å². The number of hydrogen-bond acceptors (Lipinski definition) is 5. The average molecular weight is 419 g/mol. The molecule has 156 valence electrons. The van der Waals surface area contributed by atoms with Gasteiger partial charge in [-0.05, 0) is 52.5 Å². The minimum absolute atomic E-state index is 0.237. The lowest BCUT2D eigenvalue weighted by Crippen LogP contribution is -2.41. The van der Waals surface area contributed by atoms with Gasteiger partial charge in [0.1, 0.15) is 22.2 Å². The summed E-state index contributed by atoms with van der Waals surface area (Å²) in [6.07, 6.45) is 7.33. The van der Waals surface area contributed by atoms with E-state index in [-0.39, 0.29) is 12.0 Å². The summed E-state index contributed by atoms with van der Waals surface area (Å²) in [5.74, 6) is 1.64. The molecule has 2 aliphatic rings. The summed E-state index contributed by atoms with van der Waals surface area (Å²) in [5.41, 5.74) is 0.470. The second-order valence-electron chi connectivity index (χ2n) is 8.75. The van der Waals surface area contributed by atoms with E-state index in [1.807, 2.05) is 31.6 Å². The first-order valence-corrected chi connectivity index (χ1v) is 10.5. The third kappa shape index (κ3) is 5.01. The minimum Gasteiger partial charge on any atom is -0.454 e.